The Labute approximate surface area is 187 Å². The van der Waals surface area contributed by atoms with Gasteiger partial charge in [-0.15, -0.1) is 0 Å². The molecule has 0 aliphatic heterocycles. The first kappa shape index (κ1) is 21.1. The molecule has 32 heavy (non-hydrogen) atoms. The van der Waals surface area contributed by atoms with Gasteiger partial charge in [0.1, 0.15) is 48.6 Å². The maximum Gasteiger partial charge on any atom is 0.127 e. The lowest BCUT2D eigenvalue weighted by Crippen LogP contribution is -1.99. The number of phenols is 2. The molecule has 0 amide bonds. The minimum Gasteiger partial charge on any atom is -0.508 e. The van der Waals surface area contributed by atoms with E-state index >= 15 is 0 Å². The number of hydrogen-bond donors (Lipinski definition) is 2. The zero-order valence-electron chi connectivity index (χ0n) is 17.5. The van der Waals surface area contributed by atoms with Gasteiger partial charge in [0, 0.05) is 24.3 Å². The van der Waals surface area contributed by atoms with Crippen LogP contribution in [0.4, 0.5) is 0 Å². The van der Waals surface area contributed by atoms with Crippen LogP contribution in [0, 0.1) is 0 Å². The summed E-state index contributed by atoms with van der Waals surface area (Å²) in [5.74, 6) is 1.66. The average molecular weight is 428 g/mol. The van der Waals surface area contributed by atoms with Crippen molar-refractivity contribution in [1.82, 2.24) is 0 Å². The van der Waals surface area contributed by atoms with Crippen LogP contribution < -0.4 is 14.2 Å². The normalized spacial score (nSPS) is 10.5. The highest BCUT2D eigenvalue weighted by atomic mass is 16.5. The molecule has 0 bridgehead atoms. The summed E-state index contributed by atoms with van der Waals surface area (Å²) in [5.41, 5.74) is 2.81. The second-order valence-corrected chi connectivity index (χ2v) is 7.34. The molecule has 4 rings (SSSR count). The molecule has 0 atom stereocenters. The third-order valence-corrected chi connectivity index (χ3v) is 4.72. The summed E-state index contributed by atoms with van der Waals surface area (Å²) in [7, 11) is 0. The summed E-state index contributed by atoms with van der Waals surface area (Å²) in [6, 6.07) is 29.4. The Morgan fingerprint density at radius 1 is 0.438 bits per heavy atom. The lowest BCUT2D eigenvalue weighted by atomic mass is 10.2. The summed E-state index contributed by atoms with van der Waals surface area (Å²) >= 11 is 0. The fraction of sp³-hybridized carbons (Fsp3) is 0.111. The van der Waals surface area contributed by atoms with Gasteiger partial charge in [0.15, 0.2) is 0 Å². The fourth-order valence-corrected chi connectivity index (χ4v) is 3.18. The number of benzene rings is 4. The third-order valence-electron chi connectivity index (χ3n) is 4.72. The maximum atomic E-state index is 10.1. The van der Waals surface area contributed by atoms with E-state index in [1.165, 1.54) is 6.07 Å². The van der Waals surface area contributed by atoms with E-state index in [9.17, 15) is 10.2 Å². The number of aromatic hydroxyl groups is 2. The van der Waals surface area contributed by atoms with Crippen molar-refractivity contribution in [1.29, 1.82) is 0 Å². The van der Waals surface area contributed by atoms with Gasteiger partial charge in [0.05, 0.1) is 0 Å². The predicted octanol–water partition coefficient (Wildman–Crippen LogP) is 5.83. The summed E-state index contributed by atoms with van der Waals surface area (Å²) in [6.45, 7) is 0.981. The van der Waals surface area contributed by atoms with Crippen molar-refractivity contribution >= 4 is 0 Å². The Balaban J connectivity index is 1.38. The number of ether oxygens (including phenoxy) is 3. The van der Waals surface area contributed by atoms with Crippen LogP contribution in [0.3, 0.4) is 0 Å². The van der Waals surface area contributed by atoms with E-state index < -0.39 is 0 Å². The molecule has 0 saturated heterocycles. The van der Waals surface area contributed by atoms with Gasteiger partial charge in [0.25, 0.3) is 0 Å². The van der Waals surface area contributed by atoms with Crippen molar-refractivity contribution in [3.8, 4) is 28.7 Å². The maximum absolute atomic E-state index is 10.1. The second kappa shape index (κ2) is 10.3. The molecule has 0 aliphatic carbocycles. The van der Waals surface area contributed by atoms with E-state index in [-0.39, 0.29) is 18.1 Å². The third kappa shape index (κ3) is 6.19. The van der Waals surface area contributed by atoms with Crippen LogP contribution in [0.5, 0.6) is 28.7 Å². The van der Waals surface area contributed by atoms with Crippen LogP contribution in [0.2, 0.25) is 0 Å². The van der Waals surface area contributed by atoms with Gasteiger partial charge in [-0.05, 0) is 28.8 Å². The highest BCUT2D eigenvalue weighted by Gasteiger charge is 2.07. The Kier molecular flexibility index (Phi) is 6.78. The molecule has 0 aromatic heterocycles. The van der Waals surface area contributed by atoms with Crippen LogP contribution in [-0.4, -0.2) is 10.2 Å². The molecule has 0 aliphatic rings. The van der Waals surface area contributed by atoms with Gasteiger partial charge >= 0.3 is 0 Å². The highest BCUT2D eigenvalue weighted by Crippen LogP contribution is 2.29. The molecule has 162 valence electrons. The number of hydrogen-bond acceptors (Lipinski definition) is 5. The zero-order valence-corrected chi connectivity index (χ0v) is 17.5. The molecule has 0 saturated carbocycles. The van der Waals surface area contributed by atoms with Gasteiger partial charge in [-0.25, -0.2) is 0 Å². The molecular formula is C27H24O5. The largest absolute Gasteiger partial charge is 0.508 e. The quantitative estimate of drug-likeness (QED) is 0.351. The van der Waals surface area contributed by atoms with Crippen molar-refractivity contribution in [2.75, 3.05) is 0 Å². The minimum absolute atomic E-state index is 0.0494. The van der Waals surface area contributed by atoms with Crippen molar-refractivity contribution in [2.45, 2.75) is 19.8 Å². The molecule has 4 aromatic carbocycles. The Morgan fingerprint density at radius 3 is 1.34 bits per heavy atom. The topological polar surface area (TPSA) is 68.2 Å². The van der Waals surface area contributed by atoms with Gasteiger partial charge in [-0.3, -0.25) is 0 Å². The van der Waals surface area contributed by atoms with Gasteiger partial charge in [-0.2, -0.15) is 0 Å². The van der Waals surface area contributed by atoms with Crippen molar-refractivity contribution < 1.29 is 24.4 Å². The van der Waals surface area contributed by atoms with E-state index in [2.05, 4.69) is 0 Å². The molecule has 4 aromatic rings. The van der Waals surface area contributed by atoms with Crippen LogP contribution in [-0.2, 0) is 19.8 Å². The first-order chi connectivity index (χ1) is 15.6. The van der Waals surface area contributed by atoms with Gasteiger partial charge < -0.3 is 24.4 Å². The Bertz CT molecular complexity index is 1050. The van der Waals surface area contributed by atoms with Gasteiger partial charge in [0.2, 0.25) is 0 Å². The number of phenolic OH excluding ortho intramolecular Hbond substituents is 2. The fourth-order valence-electron chi connectivity index (χ4n) is 3.18. The molecule has 0 spiro atoms. The lowest BCUT2D eigenvalue weighted by molar-refractivity contribution is 0.283. The molecule has 5 heteroatoms. The molecule has 0 radical (unpaired) electrons. The standard InChI is InChI=1S/C27H24O5/c28-23-11-22(12-25(13-23)30-17-20-7-3-1-4-8-20)19-32-27-15-24(29)14-26(16-27)31-18-21-9-5-2-6-10-21/h1-16,28-29H,17-19H2. The average Bonchev–Trinajstić information content (AvgIpc) is 2.81. The predicted molar refractivity (Wildman–Crippen MR) is 122 cm³/mol. The summed E-state index contributed by atoms with van der Waals surface area (Å²) in [4.78, 5) is 0. The van der Waals surface area contributed by atoms with Crippen molar-refractivity contribution in [3.05, 3.63) is 114 Å². The molecular weight excluding hydrogens is 404 g/mol. The molecule has 2 N–H and O–H groups in total. The van der Waals surface area contributed by atoms with E-state index in [1.807, 2.05) is 66.7 Å². The number of rotatable bonds is 9. The van der Waals surface area contributed by atoms with E-state index in [1.54, 1.807) is 24.3 Å². The first-order valence-corrected chi connectivity index (χ1v) is 10.3. The molecule has 0 heterocycles. The zero-order chi connectivity index (χ0) is 22.2. The second-order valence-electron chi connectivity index (χ2n) is 7.34. The lowest BCUT2D eigenvalue weighted by Gasteiger charge is -2.12. The van der Waals surface area contributed by atoms with E-state index in [0.29, 0.717) is 30.5 Å². The molecule has 0 unspecified atom stereocenters. The summed E-state index contributed by atoms with van der Waals surface area (Å²) < 4.78 is 17.4. The molecule has 5 nitrogen and oxygen atoms in total. The minimum atomic E-state index is 0.0494. The van der Waals surface area contributed by atoms with Crippen molar-refractivity contribution in [2.24, 2.45) is 0 Å². The SMILES string of the molecule is Oc1cc(COc2cc(O)cc(OCc3ccccc3)c2)cc(OCc2ccccc2)c1. The van der Waals surface area contributed by atoms with E-state index in [4.69, 9.17) is 14.2 Å². The highest BCUT2D eigenvalue weighted by molar-refractivity contribution is 5.42. The van der Waals surface area contributed by atoms with Crippen molar-refractivity contribution in [3.63, 3.8) is 0 Å². The van der Waals surface area contributed by atoms with Gasteiger partial charge in [-0.1, -0.05) is 60.7 Å². The smallest absolute Gasteiger partial charge is 0.127 e. The summed E-state index contributed by atoms with van der Waals surface area (Å²) in [6.07, 6.45) is 0. The monoisotopic (exact) mass is 428 g/mol. The summed E-state index contributed by atoms with van der Waals surface area (Å²) in [5, 5.41) is 20.1. The van der Waals surface area contributed by atoms with Crippen LogP contribution in [0.25, 0.3) is 0 Å². The first-order valence-electron chi connectivity index (χ1n) is 10.3. The Morgan fingerprint density at radius 2 is 0.844 bits per heavy atom. The van der Waals surface area contributed by atoms with Crippen LogP contribution in [0.1, 0.15) is 16.7 Å². The molecule has 0 fully saturated rings. The van der Waals surface area contributed by atoms with E-state index in [0.717, 1.165) is 16.7 Å². The van der Waals surface area contributed by atoms with Crippen LogP contribution >= 0.6 is 0 Å². The van der Waals surface area contributed by atoms with Crippen LogP contribution in [0.15, 0.2) is 97.1 Å². The Hall–Kier alpha value is -4.12.